The van der Waals surface area contributed by atoms with Crippen molar-refractivity contribution >= 4 is 17.6 Å². The fourth-order valence-electron chi connectivity index (χ4n) is 2.27. The highest BCUT2D eigenvalue weighted by atomic mass is 16.5. The Labute approximate surface area is 130 Å². The second-order valence-corrected chi connectivity index (χ2v) is 5.24. The van der Waals surface area contributed by atoms with Crippen LogP contribution >= 0.6 is 0 Å². The van der Waals surface area contributed by atoms with E-state index in [-0.39, 0.29) is 5.91 Å². The molecule has 2 aromatic carbocycles. The summed E-state index contributed by atoms with van der Waals surface area (Å²) >= 11 is 0. The molecule has 114 valence electrons. The van der Waals surface area contributed by atoms with Crippen molar-refractivity contribution in [2.24, 2.45) is 0 Å². The Morgan fingerprint density at radius 2 is 1.55 bits per heavy atom. The molecule has 0 unspecified atom stereocenters. The van der Waals surface area contributed by atoms with E-state index >= 15 is 0 Å². The average Bonchev–Trinajstić information content (AvgIpc) is 2.50. The number of hydrogen-bond acceptors (Lipinski definition) is 3. The van der Waals surface area contributed by atoms with Crippen LogP contribution in [0.4, 0.5) is 5.69 Å². The van der Waals surface area contributed by atoms with Crippen LogP contribution in [0.5, 0.6) is 0 Å². The van der Waals surface area contributed by atoms with Crippen LogP contribution in [0.1, 0.15) is 37.4 Å². The van der Waals surface area contributed by atoms with Crippen LogP contribution in [0.15, 0.2) is 36.4 Å². The first-order chi connectivity index (χ1) is 10.4. The van der Waals surface area contributed by atoms with Crippen LogP contribution in [0.3, 0.4) is 0 Å². The van der Waals surface area contributed by atoms with Gasteiger partial charge < -0.3 is 10.1 Å². The number of benzene rings is 2. The normalized spacial score (nSPS) is 10.2. The molecule has 0 bridgehead atoms. The van der Waals surface area contributed by atoms with Crippen molar-refractivity contribution in [2.75, 3.05) is 12.4 Å². The molecule has 0 saturated carbocycles. The van der Waals surface area contributed by atoms with Crippen LogP contribution in [0.25, 0.3) is 0 Å². The summed E-state index contributed by atoms with van der Waals surface area (Å²) in [6.45, 7) is 5.87. The molecule has 0 aliphatic carbocycles. The molecular formula is C18H19NO3. The lowest BCUT2D eigenvalue weighted by molar-refractivity contribution is 0.0602. The summed E-state index contributed by atoms with van der Waals surface area (Å²) in [5, 5.41) is 2.79. The number of hydrogen-bond donors (Lipinski definition) is 1. The summed E-state index contributed by atoms with van der Waals surface area (Å²) in [7, 11) is 1.31. The minimum atomic E-state index is -0.479. The second-order valence-electron chi connectivity index (χ2n) is 5.24. The van der Waals surface area contributed by atoms with Gasteiger partial charge >= 0.3 is 5.97 Å². The van der Waals surface area contributed by atoms with E-state index < -0.39 is 5.97 Å². The predicted molar refractivity (Wildman–Crippen MR) is 86.4 cm³/mol. The fraction of sp³-hybridized carbons (Fsp3) is 0.222. The van der Waals surface area contributed by atoms with Gasteiger partial charge in [-0.2, -0.15) is 0 Å². The Balaban J connectivity index is 2.34. The molecule has 2 aromatic rings. The zero-order valence-corrected chi connectivity index (χ0v) is 13.2. The zero-order chi connectivity index (χ0) is 16.3. The summed E-state index contributed by atoms with van der Waals surface area (Å²) in [5.74, 6) is -0.718. The number of carbonyl (C=O) groups is 2. The third kappa shape index (κ3) is 3.17. The van der Waals surface area contributed by atoms with E-state index in [2.05, 4.69) is 5.32 Å². The Morgan fingerprint density at radius 1 is 0.909 bits per heavy atom. The van der Waals surface area contributed by atoms with Crippen molar-refractivity contribution in [1.82, 2.24) is 0 Å². The van der Waals surface area contributed by atoms with Crippen molar-refractivity contribution < 1.29 is 14.3 Å². The van der Waals surface area contributed by atoms with Crippen LogP contribution in [-0.2, 0) is 4.74 Å². The zero-order valence-electron chi connectivity index (χ0n) is 13.2. The van der Waals surface area contributed by atoms with Gasteiger partial charge in [0.2, 0.25) is 0 Å². The Bertz CT molecular complexity index is 735. The third-order valence-electron chi connectivity index (χ3n) is 3.67. The maximum atomic E-state index is 12.5. The molecule has 0 spiro atoms. The van der Waals surface area contributed by atoms with Gasteiger partial charge in [-0.3, -0.25) is 4.79 Å². The van der Waals surface area contributed by atoms with Crippen molar-refractivity contribution in [2.45, 2.75) is 20.8 Å². The molecule has 4 nitrogen and oxygen atoms in total. The highest BCUT2D eigenvalue weighted by Gasteiger charge is 2.16. The molecule has 0 fully saturated rings. The molecule has 1 N–H and O–H groups in total. The van der Waals surface area contributed by atoms with Crippen LogP contribution in [-0.4, -0.2) is 19.0 Å². The molecule has 2 rings (SSSR count). The lowest BCUT2D eigenvalue weighted by Gasteiger charge is -2.12. The van der Waals surface area contributed by atoms with Crippen molar-refractivity contribution in [1.29, 1.82) is 0 Å². The van der Waals surface area contributed by atoms with Crippen molar-refractivity contribution in [3.05, 3.63) is 64.2 Å². The maximum Gasteiger partial charge on any atom is 0.339 e. The van der Waals surface area contributed by atoms with Crippen LogP contribution in [0, 0.1) is 20.8 Å². The van der Waals surface area contributed by atoms with E-state index in [4.69, 9.17) is 4.74 Å². The van der Waals surface area contributed by atoms with Gasteiger partial charge in [0.05, 0.1) is 18.4 Å². The van der Waals surface area contributed by atoms with Gasteiger partial charge in [-0.25, -0.2) is 4.79 Å². The molecule has 22 heavy (non-hydrogen) atoms. The molecule has 0 aliphatic heterocycles. The number of para-hydroxylation sites is 1. The number of anilines is 1. The molecular weight excluding hydrogens is 278 g/mol. The molecule has 0 saturated heterocycles. The standard InChI is InChI=1S/C18H19NO3/c1-11-9-13(3)15(10-12(11)2)17(20)19-16-8-6-5-7-14(16)18(21)22-4/h5-10H,1-4H3,(H,19,20). The van der Waals surface area contributed by atoms with Gasteiger partial charge in [0.25, 0.3) is 5.91 Å². The quantitative estimate of drug-likeness (QED) is 0.880. The number of amides is 1. The second kappa shape index (κ2) is 6.43. The van der Waals surface area contributed by atoms with Gasteiger partial charge in [-0.15, -0.1) is 0 Å². The summed E-state index contributed by atoms with van der Waals surface area (Å²) in [5.41, 5.74) is 4.47. The topological polar surface area (TPSA) is 55.4 Å². The molecule has 1 amide bonds. The number of carbonyl (C=O) groups excluding carboxylic acids is 2. The lowest BCUT2D eigenvalue weighted by Crippen LogP contribution is -2.16. The van der Waals surface area contributed by atoms with E-state index in [0.717, 1.165) is 16.7 Å². The molecule has 4 heteroatoms. The lowest BCUT2D eigenvalue weighted by atomic mass is 10.00. The van der Waals surface area contributed by atoms with Gasteiger partial charge in [-0.05, 0) is 55.7 Å². The summed E-state index contributed by atoms with van der Waals surface area (Å²) in [4.78, 5) is 24.2. The average molecular weight is 297 g/mol. The van der Waals surface area contributed by atoms with E-state index in [1.165, 1.54) is 7.11 Å². The van der Waals surface area contributed by atoms with Crippen LogP contribution in [0.2, 0.25) is 0 Å². The molecule has 0 aliphatic rings. The monoisotopic (exact) mass is 297 g/mol. The summed E-state index contributed by atoms with van der Waals surface area (Å²) in [6.07, 6.45) is 0. The largest absolute Gasteiger partial charge is 0.465 e. The molecule has 0 radical (unpaired) electrons. The van der Waals surface area contributed by atoms with Crippen molar-refractivity contribution in [3.8, 4) is 0 Å². The smallest absolute Gasteiger partial charge is 0.339 e. The number of nitrogens with one attached hydrogen (secondary N) is 1. The van der Waals surface area contributed by atoms with E-state index in [9.17, 15) is 9.59 Å². The minimum absolute atomic E-state index is 0.239. The molecule has 0 heterocycles. The Hall–Kier alpha value is -2.62. The predicted octanol–water partition coefficient (Wildman–Crippen LogP) is 3.65. The van der Waals surface area contributed by atoms with E-state index in [1.54, 1.807) is 24.3 Å². The van der Waals surface area contributed by atoms with Gasteiger partial charge in [0.15, 0.2) is 0 Å². The molecule has 0 aromatic heterocycles. The van der Waals surface area contributed by atoms with Crippen LogP contribution < -0.4 is 5.32 Å². The molecule has 0 atom stereocenters. The van der Waals surface area contributed by atoms with Gasteiger partial charge in [0.1, 0.15) is 0 Å². The summed E-state index contributed by atoms with van der Waals surface area (Å²) in [6, 6.07) is 10.6. The van der Waals surface area contributed by atoms with Gasteiger partial charge in [-0.1, -0.05) is 18.2 Å². The first kappa shape index (κ1) is 15.8. The number of esters is 1. The first-order valence-corrected chi connectivity index (χ1v) is 7.00. The number of ether oxygens (including phenoxy) is 1. The highest BCUT2D eigenvalue weighted by Crippen LogP contribution is 2.20. The third-order valence-corrected chi connectivity index (χ3v) is 3.67. The van der Waals surface area contributed by atoms with E-state index in [1.807, 2.05) is 32.9 Å². The first-order valence-electron chi connectivity index (χ1n) is 7.00. The minimum Gasteiger partial charge on any atom is -0.465 e. The Kier molecular flexibility index (Phi) is 4.61. The number of methoxy groups -OCH3 is 1. The number of rotatable bonds is 3. The maximum absolute atomic E-state index is 12.5. The highest BCUT2D eigenvalue weighted by molar-refractivity contribution is 6.08. The number of aryl methyl sites for hydroxylation is 3. The Morgan fingerprint density at radius 3 is 2.23 bits per heavy atom. The van der Waals surface area contributed by atoms with Gasteiger partial charge in [0, 0.05) is 5.56 Å². The SMILES string of the molecule is COC(=O)c1ccccc1NC(=O)c1cc(C)c(C)cc1C. The fourth-order valence-corrected chi connectivity index (χ4v) is 2.27. The van der Waals surface area contributed by atoms with Crippen molar-refractivity contribution in [3.63, 3.8) is 0 Å². The summed E-state index contributed by atoms with van der Waals surface area (Å²) < 4.78 is 4.73. The van der Waals surface area contributed by atoms with E-state index in [0.29, 0.717) is 16.8 Å².